The highest BCUT2D eigenvalue weighted by molar-refractivity contribution is 5.72. The van der Waals surface area contributed by atoms with E-state index in [9.17, 15) is 14.3 Å². The Balaban J connectivity index is 1.62. The maximum absolute atomic E-state index is 14.6. The van der Waals surface area contributed by atoms with Crippen LogP contribution in [0.1, 0.15) is 79.3 Å². The van der Waals surface area contributed by atoms with E-state index in [1.807, 2.05) is 0 Å². The summed E-state index contributed by atoms with van der Waals surface area (Å²) in [7, 11) is 0. The first-order chi connectivity index (χ1) is 18.1. The van der Waals surface area contributed by atoms with Gasteiger partial charge in [0.05, 0.1) is 12.0 Å². The Labute approximate surface area is 226 Å². The fourth-order valence-corrected chi connectivity index (χ4v) is 6.07. The smallest absolute Gasteiger partial charge is 0.307 e. The first kappa shape index (κ1) is 27.8. The monoisotopic (exact) mass is 514 g/mol. The van der Waals surface area contributed by atoms with Crippen LogP contribution in [-0.2, 0) is 23.1 Å². The number of aliphatic carboxylic acids is 1. The third kappa shape index (κ3) is 5.61. The van der Waals surface area contributed by atoms with Gasteiger partial charge in [0, 0.05) is 5.41 Å². The summed E-state index contributed by atoms with van der Waals surface area (Å²) in [5.41, 5.74) is 7.29. The number of hydrogen-bond acceptors (Lipinski definition) is 2. The van der Waals surface area contributed by atoms with Crippen LogP contribution in [0.25, 0.3) is 11.1 Å². The van der Waals surface area contributed by atoms with E-state index in [1.54, 1.807) is 12.1 Å². The van der Waals surface area contributed by atoms with E-state index < -0.39 is 17.4 Å². The molecule has 0 amide bonds. The van der Waals surface area contributed by atoms with E-state index in [0.29, 0.717) is 0 Å². The summed E-state index contributed by atoms with van der Waals surface area (Å²) in [6, 6.07) is 18.1. The molecule has 200 valence electrons. The number of halogens is 1. The lowest BCUT2D eigenvalue weighted by molar-refractivity contribution is -0.136. The molecule has 0 bridgehead atoms. The molecule has 0 spiro atoms. The average molecular weight is 515 g/mol. The van der Waals surface area contributed by atoms with Gasteiger partial charge in [0.25, 0.3) is 0 Å². The van der Waals surface area contributed by atoms with Crippen molar-refractivity contribution in [2.45, 2.75) is 83.7 Å². The molecule has 3 aromatic rings. The summed E-state index contributed by atoms with van der Waals surface area (Å²) >= 11 is 0. The summed E-state index contributed by atoms with van der Waals surface area (Å²) in [4.78, 5) is 11.0. The zero-order chi connectivity index (χ0) is 27.5. The van der Waals surface area contributed by atoms with E-state index in [2.05, 4.69) is 76.2 Å². The fraction of sp³-hybridized carbons (Fsp3) is 0.382. The molecular weight excluding hydrogens is 475 g/mol. The molecule has 0 atom stereocenters. The maximum atomic E-state index is 14.6. The second-order valence-corrected chi connectivity index (χ2v) is 10.9. The quantitative estimate of drug-likeness (QED) is 0.271. The second kappa shape index (κ2) is 11.2. The van der Waals surface area contributed by atoms with Gasteiger partial charge in [0.1, 0.15) is 5.82 Å². The van der Waals surface area contributed by atoms with Crippen LogP contribution in [0.15, 0.2) is 66.7 Å². The van der Waals surface area contributed by atoms with Crippen molar-refractivity contribution < 1.29 is 19.4 Å². The molecule has 38 heavy (non-hydrogen) atoms. The van der Waals surface area contributed by atoms with Crippen LogP contribution in [0, 0.1) is 19.7 Å². The van der Waals surface area contributed by atoms with Crippen LogP contribution >= 0.6 is 0 Å². The van der Waals surface area contributed by atoms with Gasteiger partial charge >= 0.3 is 5.97 Å². The van der Waals surface area contributed by atoms with Gasteiger partial charge in [0.2, 0.25) is 0 Å². The molecular formula is C34H39FO3. The summed E-state index contributed by atoms with van der Waals surface area (Å²) in [6.45, 7) is 8.68. The van der Waals surface area contributed by atoms with Gasteiger partial charge in [-0.3, -0.25) is 4.79 Å². The molecule has 4 heteroatoms. The van der Waals surface area contributed by atoms with Crippen LogP contribution in [0.4, 0.5) is 4.39 Å². The van der Waals surface area contributed by atoms with Gasteiger partial charge in [-0.2, -0.15) is 0 Å². The number of aliphatic hydroxyl groups is 1. The molecule has 0 aromatic heterocycles. The van der Waals surface area contributed by atoms with Crippen LogP contribution < -0.4 is 0 Å². The molecule has 0 saturated heterocycles. The number of aryl methyl sites for hydroxylation is 3. The zero-order valence-electron chi connectivity index (χ0n) is 23.0. The van der Waals surface area contributed by atoms with Gasteiger partial charge in [-0.1, -0.05) is 74.5 Å². The Hall–Kier alpha value is -3.24. The van der Waals surface area contributed by atoms with Gasteiger partial charge < -0.3 is 10.2 Å². The molecule has 0 aliphatic heterocycles. The van der Waals surface area contributed by atoms with Gasteiger partial charge in [-0.15, -0.1) is 0 Å². The molecule has 1 aliphatic carbocycles. The topological polar surface area (TPSA) is 57.5 Å². The standard InChI is InChI=1S/C34H39FO3/c1-5-34(6-2,28-12-11-25(23(3)19-28)15-18-33(38)16-7-8-17-33)29-13-14-30(24(4)20-29)26-9-10-27(22-32(36)37)31(35)21-26/h7-14,19-21,38H,5-6,15-18,22H2,1-4H3,(H,36,37). The highest BCUT2D eigenvalue weighted by Crippen LogP contribution is 2.41. The van der Waals surface area contributed by atoms with Crippen molar-refractivity contribution in [3.05, 3.63) is 106 Å². The van der Waals surface area contributed by atoms with E-state index in [4.69, 9.17) is 5.11 Å². The Morgan fingerprint density at radius 1 is 0.895 bits per heavy atom. The molecule has 4 rings (SSSR count). The Morgan fingerprint density at radius 3 is 2.05 bits per heavy atom. The van der Waals surface area contributed by atoms with Crippen molar-refractivity contribution in [2.75, 3.05) is 0 Å². The summed E-state index contributed by atoms with van der Waals surface area (Å²) in [5.74, 6) is -1.53. The average Bonchev–Trinajstić information content (AvgIpc) is 3.32. The fourth-order valence-electron chi connectivity index (χ4n) is 6.07. The highest BCUT2D eigenvalue weighted by atomic mass is 19.1. The van der Waals surface area contributed by atoms with Gasteiger partial charge in [0.15, 0.2) is 0 Å². The van der Waals surface area contributed by atoms with Gasteiger partial charge in [-0.05, 0) is 103 Å². The van der Waals surface area contributed by atoms with Crippen LogP contribution in [-0.4, -0.2) is 21.8 Å². The molecule has 0 radical (unpaired) electrons. The number of hydrogen-bond donors (Lipinski definition) is 2. The Morgan fingerprint density at radius 2 is 1.50 bits per heavy atom. The minimum absolute atomic E-state index is 0.142. The predicted octanol–water partition coefficient (Wildman–Crippen LogP) is 7.86. The number of carbonyl (C=O) groups is 1. The molecule has 3 nitrogen and oxygen atoms in total. The zero-order valence-corrected chi connectivity index (χ0v) is 23.0. The number of carboxylic acids is 1. The van der Waals surface area contributed by atoms with Crippen molar-refractivity contribution in [1.29, 1.82) is 0 Å². The van der Waals surface area contributed by atoms with Gasteiger partial charge in [-0.25, -0.2) is 4.39 Å². The van der Waals surface area contributed by atoms with E-state index in [1.165, 1.54) is 28.3 Å². The lowest BCUT2D eigenvalue weighted by Crippen LogP contribution is -2.27. The van der Waals surface area contributed by atoms with Crippen molar-refractivity contribution in [3.8, 4) is 11.1 Å². The minimum Gasteiger partial charge on any atom is -0.481 e. The summed E-state index contributed by atoms with van der Waals surface area (Å²) in [6.07, 6.45) is 8.85. The van der Waals surface area contributed by atoms with Crippen LogP contribution in [0.3, 0.4) is 0 Å². The molecule has 2 N–H and O–H groups in total. The predicted molar refractivity (Wildman–Crippen MR) is 152 cm³/mol. The summed E-state index contributed by atoms with van der Waals surface area (Å²) in [5, 5.41) is 19.7. The molecule has 0 fully saturated rings. The van der Waals surface area contributed by atoms with Crippen molar-refractivity contribution in [2.24, 2.45) is 0 Å². The normalized spacial score (nSPS) is 14.7. The maximum Gasteiger partial charge on any atom is 0.307 e. The third-order valence-corrected chi connectivity index (χ3v) is 8.61. The number of rotatable bonds is 10. The third-order valence-electron chi connectivity index (χ3n) is 8.61. The van der Waals surface area contributed by atoms with Crippen molar-refractivity contribution in [1.82, 2.24) is 0 Å². The molecule has 0 unspecified atom stereocenters. The Bertz CT molecular complexity index is 1340. The van der Waals surface area contributed by atoms with Crippen molar-refractivity contribution >= 4 is 5.97 Å². The van der Waals surface area contributed by atoms with E-state index in [0.717, 1.165) is 55.2 Å². The van der Waals surface area contributed by atoms with Crippen LogP contribution in [0.2, 0.25) is 0 Å². The molecule has 0 heterocycles. The second-order valence-electron chi connectivity index (χ2n) is 10.9. The first-order valence-corrected chi connectivity index (χ1v) is 13.7. The number of carboxylic acid groups (broad SMARTS) is 1. The minimum atomic E-state index is -1.04. The molecule has 1 aliphatic rings. The molecule has 3 aromatic carbocycles. The SMILES string of the molecule is CCC(CC)(c1ccc(CCC2(O)CC=CC2)c(C)c1)c1ccc(-c2ccc(CC(=O)O)c(F)c2)c(C)c1. The Kier molecular flexibility index (Phi) is 8.22. The van der Waals surface area contributed by atoms with Crippen LogP contribution in [0.5, 0.6) is 0 Å². The highest BCUT2D eigenvalue weighted by Gasteiger charge is 2.32. The van der Waals surface area contributed by atoms with Crippen molar-refractivity contribution in [3.63, 3.8) is 0 Å². The lowest BCUT2D eigenvalue weighted by atomic mass is 9.69. The van der Waals surface area contributed by atoms with E-state index in [-0.39, 0.29) is 17.4 Å². The largest absolute Gasteiger partial charge is 0.481 e. The first-order valence-electron chi connectivity index (χ1n) is 13.7. The molecule has 0 saturated carbocycles. The summed E-state index contributed by atoms with van der Waals surface area (Å²) < 4.78 is 14.6. The van der Waals surface area contributed by atoms with E-state index >= 15 is 0 Å². The number of benzene rings is 3. The lowest BCUT2D eigenvalue weighted by Gasteiger charge is -2.34.